The average molecular weight is 583 g/mol. The van der Waals surface area contributed by atoms with Crippen LogP contribution in [-0.2, 0) is 6.61 Å². The smallest absolute Gasteiger partial charge is 0.255 e. The normalized spacial score (nSPS) is 10.9. The predicted molar refractivity (Wildman–Crippen MR) is 171 cm³/mol. The largest absolute Gasteiger partial charge is 0.489 e. The predicted octanol–water partition coefficient (Wildman–Crippen LogP) is 7.91. The van der Waals surface area contributed by atoms with Crippen molar-refractivity contribution in [1.82, 2.24) is 19.9 Å². The Hall–Kier alpha value is -5.83. The maximum atomic E-state index is 13.1. The summed E-state index contributed by atoms with van der Waals surface area (Å²) in [5.74, 6) is 2.34. The van der Waals surface area contributed by atoms with E-state index in [2.05, 4.69) is 39.4 Å². The van der Waals surface area contributed by atoms with E-state index in [1.54, 1.807) is 42.7 Å². The van der Waals surface area contributed by atoms with Gasteiger partial charge >= 0.3 is 0 Å². The van der Waals surface area contributed by atoms with Crippen molar-refractivity contribution in [3.8, 4) is 17.2 Å². The highest BCUT2D eigenvalue weighted by molar-refractivity contribution is 6.05. The van der Waals surface area contributed by atoms with E-state index in [4.69, 9.17) is 14.5 Å². The number of rotatable bonds is 10. The van der Waals surface area contributed by atoms with Gasteiger partial charge in [-0.15, -0.1) is 0 Å². The Bertz CT molecular complexity index is 1880. The van der Waals surface area contributed by atoms with E-state index in [1.165, 1.54) is 6.33 Å². The van der Waals surface area contributed by atoms with Gasteiger partial charge in [0.25, 0.3) is 5.91 Å². The van der Waals surface area contributed by atoms with Crippen LogP contribution in [-0.4, -0.2) is 25.8 Å². The van der Waals surface area contributed by atoms with Gasteiger partial charge in [0.2, 0.25) is 0 Å². The van der Waals surface area contributed by atoms with Crippen LogP contribution in [0.1, 0.15) is 41.4 Å². The monoisotopic (exact) mass is 582 g/mol. The molecule has 3 aromatic heterocycles. The van der Waals surface area contributed by atoms with Crippen LogP contribution in [0.2, 0.25) is 0 Å². The molecule has 0 spiro atoms. The second kappa shape index (κ2) is 13.0. The van der Waals surface area contributed by atoms with Crippen LogP contribution >= 0.6 is 0 Å². The molecule has 218 valence electrons. The molecular weight excluding hydrogens is 552 g/mol. The quantitative estimate of drug-likeness (QED) is 0.168. The van der Waals surface area contributed by atoms with Gasteiger partial charge in [-0.05, 0) is 78.2 Å². The minimum Gasteiger partial charge on any atom is -0.489 e. The van der Waals surface area contributed by atoms with E-state index in [0.29, 0.717) is 46.5 Å². The Morgan fingerprint density at radius 1 is 0.864 bits per heavy atom. The molecule has 0 aliphatic carbocycles. The lowest BCUT2D eigenvalue weighted by molar-refractivity contribution is 0.102. The second-order valence-electron chi connectivity index (χ2n) is 10.4. The summed E-state index contributed by atoms with van der Waals surface area (Å²) in [5.41, 5.74) is 4.16. The standard InChI is InChI=1S/C35H30N6O3/c1-23(2)30-16-15-29-33(40-30)37-22-38-34(29)41-31-19-25(35(42)39-26-9-6-18-36-20-26)10-17-32(31)44-28-13-11-27(12-14-28)43-21-24-7-4-3-5-8-24/h3-20,22-23H,21H2,1-2H3,(H,39,42)(H,37,38,40,41). The number of nitrogens with one attached hydrogen (secondary N) is 2. The van der Waals surface area contributed by atoms with Gasteiger partial charge in [0.1, 0.15) is 30.3 Å². The number of carbonyl (C=O) groups is 1. The number of aromatic nitrogens is 4. The fourth-order valence-corrected chi connectivity index (χ4v) is 4.48. The number of hydrogen-bond donors (Lipinski definition) is 2. The Kier molecular flexibility index (Phi) is 8.36. The first-order valence-electron chi connectivity index (χ1n) is 14.2. The third kappa shape index (κ3) is 6.79. The molecule has 0 aliphatic heterocycles. The van der Waals surface area contributed by atoms with E-state index in [1.807, 2.05) is 66.7 Å². The minimum atomic E-state index is -0.289. The third-order valence-electron chi connectivity index (χ3n) is 6.82. The first-order chi connectivity index (χ1) is 21.5. The van der Waals surface area contributed by atoms with Gasteiger partial charge in [-0.2, -0.15) is 0 Å². The van der Waals surface area contributed by atoms with Crippen LogP contribution < -0.4 is 20.1 Å². The number of nitrogens with zero attached hydrogens (tertiary/aromatic N) is 4. The molecule has 0 radical (unpaired) electrons. The summed E-state index contributed by atoms with van der Waals surface area (Å²) >= 11 is 0. The highest BCUT2D eigenvalue weighted by atomic mass is 16.5. The number of fused-ring (bicyclic) bond motifs is 1. The van der Waals surface area contributed by atoms with Gasteiger partial charge < -0.3 is 20.1 Å². The van der Waals surface area contributed by atoms with E-state index >= 15 is 0 Å². The van der Waals surface area contributed by atoms with Gasteiger partial charge in [0.05, 0.1) is 23.0 Å². The molecule has 0 saturated carbocycles. The molecule has 0 bridgehead atoms. The molecule has 0 aliphatic rings. The first kappa shape index (κ1) is 28.3. The molecule has 9 heteroatoms. The maximum absolute atomic E-state index is 13.1. The fourth-order valence-electron chi connectivity index (χ4n) is 4.48. The summed E-state index contributed by atoms with van der Waals surface area (Å²) in [5, 5.41) is 6.98. The summed E-state index contributed by atoms with van der Waals surface area (Å²) in [6.45, 7) is 4.64. The van der Waals surface area contributed by atoms with Crippen LogP contribution in [0, 0.1) is 0 Å². The Morgan fingerprint density at radius 3 is 2.45 bits per heavy atom. The molecular formula is C35H30N6O3. The Balaban J connectivity index is 1.28. The van der Waals surface area contributed by atoms with Crippen LogP contribution in [0.5, 0.6) is 17.2 Å². The second-order valence-corrected chi connectivity index (χ2v) is 10.4. The van der Waals surface area contributed by atoms with Crippen LogP contribution in [0.3, 0.4) is 0 Å². The molecule has 0 saturated heterocycles. The summed E-state index contributed by atoms with van der Waals surface area (Å²) in [4.78, 5) is 30.8. The van der Waals surface area contributed by atoms with Crippen molar-refractivity contribution in [3.63, 3.8) is 0 Å². The maximum Gasteiger partial charge on any atom is 0.255 e. The van der Waals surface area contributed by atoms with Gasteiger partial charge in [-0.25, -0.2) is 15.0 Å². The lowest BCUT2D eigenvalue weighted by Crippen LogP contribution is -2.12. The number of pyridine rings is 2. The number of anilines is 3. The summed E-state index contributed by atoms with van der Waals surface area (Å²) in [7, 11) is 0. The van der Waals surface area contributed by atoms with Gasteiger partial charge in [0.15, 0.2) is 11.4 Å². The molecule has 2 N–H and O–H groups in total. The van der Waals surface area contributed by atoms with Crippen molar-refractivity contribution < 1.29 is 14.3 Å². The zero-order valence-electron chi connectivity index (χ0n) is 24.3. The molecule has 9 nitrogen and oxygen atoms in total. The van der Waals surface area contributed by atoms with Crippen molar-refractivity contribution in [2.75, 3.05) is 10.6 Å². The fraction of sp³-hybridized carbons (Fsp3) is 0.114. The molecule has 6 aromatic rings. The lowest BCUT2D eigenvalue weighted by atomic mass is 10.1. The van der Waals surface area contributed by atoms with E-state index in [-0.39, 0.29) is 11.8 Å². The number of hydrogen-bond acceptors (Lipinski definition) is 8. The zero-order chi connectivity index (χ0) is 30.3. The number of benzene rings is 3. The highest BCUT2D eigenvalue weighted by Crippen LogP contribution is 2.35. The van der Waals surface area contributed by atoms with Gasteiger partial charge in [-0.1, -0.05) is 44.2 Å². The number of carbonyl (C=O) groups excluding carboxylic acids is 1. The molecule has 3 heterocycles. The zero-order valence-corrected chi connectivity index (χ0v) is 24.3. The topological polar surface area (TPSA) is 111 Å². The first-order valence-corrected chi connectivity index (χ1v) is 14.2. The average Bonchev–Trinajstić information content (AvgIpc) is 3.06. The summed E-state index contributed by atoms with van der Waals surface area (Å²) < 4.78 is 12.2. The minimum absolute atomic E-state index is 0.260. The molecule has 44 heavy (non-hydrogen) atoms. The molecule has 6 rings (SSSR count). The van der Waals surface area contributed by atoms with Gasteiger partial charge in [-0.3, -0.25) is 9.78 Å². The molecule has 0 atom stereocenters. The molecule has 1 amide bonds. The van der Waals surface area contributed by atoms with Crippen LogP contribution in [0.25, 0.3) is 11.0 Å². The molecule has 0 fully saturated rings. The van der Waals surface area contributed by atoms with Gasteiger partial charge in [0, 0.05) is 17.5 Å². The Labute approximate surface area is 255 Å². The Morgan fingerprint density at radius 2 is 1.68 bits per heavy atom. The van der Waals surface area contributed by atoms with Crippen molar-refractivity contribution >= 4 is 34.1 Å². The van der Waals surface area contributed by atoms with Crippen molar-refractivity contribution in [2.45, 2.75) is 26.4 Å². The molecule has 3 aromatic carbocycles. The van der Waals surface area contributed by atoms with E-state index in [0.717, 1.165) is 22.4 Å². The molecule has 0 unspecified atom stereocenters. The van der Waals surface area contributed by atoms with Crippen molar-refractivity contribution in [1.29, 1.82) is 0 Å². The van der Waals surface area contributed by atoms with Crippen molar-refractivity contribution in [3.05, 3.63) is 133 Å². The summed E-state index contributed by atoms with van der Waals surface area (Å²) in [6, 6.07) is 30.0. The summed E-state index contributed by atoms with van der Waals surface area (Å²) in [6.07, 6.45) is 4.71. The van der Waals surface area contributed by atoms with E-state index in [9.17, 15) is 4.79 Å². The SMILES string of the molecule is CC(C)c1ccc2c(Nc3cc(C(=O)Nc4cccnc4)ccc3Oc3ccc(OCc4ccccc4)cc3)ncnc2n1. The van der Waals surface area contributed by atoms with Crippen LogP contribution in [0.15, 0.2) is 116 Å². The highest BCUT2D eigenvalue weighted by Gasteiger charge is 2.15. The lowest BCUT2D eigenvalue weighted by Gasteiger charge is -2.16. The number of amides is 1. The number of ether oxygens (including phenoxy) is 2. The third-order valence-corrected chi connectivity index (χ3v) is 6.82. The van der Waals surface area contributed by atoms with Crippen LogP contribution in [0.4, 0.5) is 17.2 Å². The van der Waals surface area contributed by atoms with Crippen molar-refractivity contribution in [2.24, 2.45) is 0 Å². The van der Waals surface area contributed by atoms with E-state index < -0.39 is 0 Å².